The molecule has 0 aromatic carbocycles. The van der Waals surface area contributed by atoms with Gasteiger partial charge in [-0.2, -0.15) is 0 Å². The van der Waals surface area contributed by atoms with E-state index in [1.165, 1.54) is 11.3 Å². The zero-order valence-electron chi connectivity index (χ0n) is 13.9. The molecule has 0 unspecified atom stereocenters. The quantitative estimate of drug-likeness (QED) is 0.676. The molecule has 23 heavy (non-hydrogen) atoms. The van der Waals surface area contributed by atoms with Gasteiger partial charge >= 0.3 is 0 Å². The van der Waals surface area contributed by atoms with Gasteiger partial charge in [0.25, 0.3) is 0 Å². The maximum Gasteiger partial charge on any atom is 0.245 e. The Morgan fingerprint density at radius 1 is 1.30 bits per heavy atom. The minimum atomic E-state index is -0.166. The summed E-state index contributed by atoms with van der Waals surface area (Å²) < 4.78 is 0. The Morgan fingerprint density at radius 3 is 2.61 bits per heavy atom. The van der Waals surface area contributed by atoms with Crippen molar-refractivity contribution in [3.63, 3.8) is 0 Å². The standard InChI is InChI=1S/C16H26N4O2S/c1-11-12(2)23-16(18-11)19-14(21)10-20(13-7-8-13)15(22)6-4-3-5-9-17/h13H,3-10,17H2,1-2H3,(H,18,19,21). The van der Waals surface area contributed by atoms with Crippen LogP contribution in [-0.4, -0.2) is 40.8 Å². The van der Waals surface area contributed by atoms with Gasteiger partial charge in [0.2, 0.25) is 11.8 Å². The Bertz CT molecular complexity index is 535. The van der Waals surface area contributed by atoms with Crippen LogP contribution in [0.2, 0.25) is 0 Å². The van der Waals surface area contributed by atoms with Gasteiger partial charge in [-0.25, -0.2) is 4.98 Å². The van der Waals surface area contributed by atoms with Gasteiger partial charge in [0.05, 0.1) is 5.69 Å². The number of nitrogens with zero attached hydrogens (tertiary/aromatic N) is 2. The summed E-state index contributed by atoms with van der Waals surface area (Å²) in [5.41, 5.74) is 6.39. The number of hydrogen-bond donors (Lipinski definition) is 2. The van der Waals surface area contributed by atoms with Gasteiger partial charge in [-0.15, -0.1) is 11.3 Å². The van der Waals surface area contributed by atoms with Gasteiger partial charge in [-0.1, -0.05) is 6.42 Å². The van der Waals surface area contributed by atoms with E-state index in [1.807, 2.05) is 13.8 Å². The van der Waals surface area contributed by atoms with Crippen LogP contribution in [0.3, 0.4) is 0 Å². The molecule has 0 saturated heterocycles. The van der Waals surface area contributed by atoms with Gasteiger partial charge < -0.3 is 16.0 Å². The molecule has 0 atom stereocenters. The lowest BCUT2D eigenvalue weighted by Gasteiger charge is -2.21. The zero-order valence-corrected chi connectivity index (χ0v) is 14.7. The van der Waals surface area contributed by atoms with Crippen molar-refractivity contribution in [2.24, 2.45) is 5.73 Å². The minimum absolute atomic E-state index is 0.0752. The Kier molecular flexibility index (Phi) is 6.53. The summed E-state index contributed by atoms with van der Waals surface area (Å²) in [7, 11) is 0. The highest BCUT2D eigenvalue weighted by Gasteiger charge is 2.33. The van der Waals surface area contributed by atoms with E-state index in [0.717, 1.165) is 42.7 Å². The molecule has 1 heterocycles. The smallest absolute Gasteiger partial charge is 0.245 e. The summed E-state index contributed by atoms with van der Waals surface area (Å²) in [5.74, 6) is -0.0906. The Morgan fingerprint density at radius 2 is 2.04 bits per heavy atom. The Labute approximate surface area is 141 Å². The molecular formula is C16H26N4O2S. The average molecular weight is 338 g/mol. The third-order valence-corrected chi connectivity index (χ3v) is 4.98. The monoisotopic (exact) mass is 338 g/mol. The lowest BCUT2D eigenvalue weighted by molar-refractivity contribution is -0.135. The number of anilines is 1. The number of aromatic nitrogens is 1. The molecule has 6 nitrogen and oxygen atoms in total. The molecule has 0 radical (unpaired) electrons. The van der Waals surface area contributed by atoms with Gasteiger partial charge in [0.1, 0.15) is 6.54 Å². The highest BCUT2D eigenvalue weighted by molar-refractivity contribution is 7.15. The van der Waals surface area contributed by atoms with Crippen LogP contribution in [-0.2, 0) is 9.59 Å². The summed E-state index contributed by atoms with van der Waals surface area (Å²) >= 11 is 1.46. The van der Waals surface area contributed by atoms with Crippen LogP contribution < -0.4 is 11.1 Å². The van der Waals surface area contributed by atoms with Crippen molar-refractivity contribution in [3.05, 3.63) is 10.6 Å². The molecule has 2 rings (SSSR count). The van der Waals surface area contributed by atoms with Crippen molar-refractivity contribution in [2.75, 3.05) is 18.4 Å². The molecule has 0 aliphatic heterocycles. The van der Waals surface area contributed by atoms with E-state index in [4.69, 9.17) is 5.73 Å². The first kappa shape index (κ1) is 17.9. The van der Waals surface area contributed by atoms with Crippen LogP contribution in [0.25, 0.3) is 0 Å². The first-order valence-corrected chi connectivity index (χ1v) is 9.06. The van der Waals surface area contributed by atoms with Gasteiger partial charge in [0.15, 0.2) is 5.13 Å². The number of carbonyl (C=O) groups excluding carboxylic acids is 2. The predicted octanol–water partition coefficient (Wildman–Crippen LogP) is 2.21. The fourth-order valence-corrected chi connectivity index (χ4v) is 3.22. The van der Waals surface area contributed by atoms with Crippen LogP contribution in [0.15, 0.2) is 0 Å². The molecule has 0 spiro atoms. The molecule has 3 N–H and O–H groups in total. The molecule has 0 bridgehead atoms. The SMILES string of the molecule is Cc1nc(NC(=O)CN(C(=O)CCCCCN)C2CC2)sc1C. The van der Waals surface area contributed by atoms with Gasteiger partial charge in [-0.3, -0.25) is 9.59 Å². The van der Waals surface area contributed by atoms with Crippen LogP contribution in [0.5, 0.6) is 0 Å². The Hall–Kier alpha value is -1.47. The number of thiazole rings is 1. The highest BCUT2D eigenvalue weighted by Crippen LogP contribution is 2.28. The summed E-state index contributed by atoms with van der Waals surface area (Å²) in [4.78, 5) is 31.7. The van der Waals surface area contributed by atoms with Crippen molar-refractivity contribution in [2.45, 2.75) is 58.4 Å². The van der Waals surface area contributed by atoms with Crippen LogP contribution in [0, 0.1) is 13.8 Å². The molecule has 1 aliphatic carbocycles. The van der Waals surface area contributed by atoms with E-state index in [2.05, 4.69) is 10.3 Å². The summed E-state index contributed by atoms with van der Waals surface area (Å²) in [6, 6.07) is 0.238. The third kappa shape index (κ3) is 5.58. The Balaban J connectivity index is 1.83. The summed E-state index contributed by atoms with van der Waals surface area (Å²) in [5, 5.41) is 3.41. The number of unbranched alkanes of at least 4 members (excludes halogenated alkanes) is 2. The molecule has 128 valence electrons. The van der Waals surface area contributed by atoms with Gasteiger partial charge in [0, 0.05) is 17.3 Å². The molecule has 2 amide bonds. The second kappa shape index (κ2) is 8.40. The molecule has 1 aromatic heterocycles. The van der Waals surface area contributed by atoms with Crippen LogP contribution in [0.4, 0.5) is 5.13 Å². The number of carbonyl (C=O) groups is 2. The van der Waals surface area contributed by atoms with Gasteiger partial charge in [-0.05, 0) is 46.1 Å². The first-order valence-electron chi connectivity index (χ1n) is 8.24. The van der Waals surface area contributed by atoms with E-state index in [1.54, 1.807) is 4.90 Å². The lowest BCUT2D eigenvalue weighted by Crippen LogP contribution is -2.39. The van der Waals surface area contributed by atoms with Crippen molar-refractivity contribution in [1.29, 1.82) is 0 Å². The molecule has 1 fully saturated rings. The van der Waals surface area contributed by atoms with E-state index >= 15 is 0 Å². The number of amides is 2. The van der Waals surface area contributed by atoms with Crippen molar-refractivity contribution in [3.8, 4) is 0 Å². The number of nitrogens with two attached hydrogens (primary N) is 1. The molecular weight excluding hydrogens is 312 g/mol. The average Bonchev–Trinajstić information content (AvgIpc) is 3.28. The maximum atomic E-state index is 12.3. The second-order valence-electron chi connectivity index (χ2n) is 6.06. The number of nitrogens with one attached hydrogen (secondary N) is 1. The predicted molar refractivity (Wildman–Crippen MR) is 92.5 cm³/mol. The minimum Gasteiger partial charge on any atom is -0.330 e. The van der Waals surface area contributed by atoms with E-state index in [-0.39, 0.29) is 24.4 Å². The summed E-state index contributed by atoms with van der Waals surface area (Å²) in [6.07, 6.45) is 5.24. The number of rotatable bonds is 9. The largest absolute Gasteiger partial charge is 0.330 e. The topological polar surface area (TPSA) is 88.3 Å². The highest BCUT2D eigenvalue weighted by atomic mass is 32.1. The van der Waals surface area contributed by atoms with E-state index in [9.17, 15) is 9.59 Å². The van der Waals surface area contributed by atoms with Crippen molar-refractivity contribution < 1.29 is 9.59 Å². The summed E-state index contributed by atoms with van der Waals surface area (Å²) in [6.45, 7) is 4.68. The molecule has 1 saturated carbocycles. The van der Waals surface area contributed by atoms with Crippen molar-refractivity contribution >= 4 is 28.3 Å². The zero-order chi connectivity index (χ0) is 16.8. The fourth-order valence-electron chi connectivity index (χ4n) is 2.39. The number of aryl methyl sites for hydroxylation is 2. The van der Waals surface area contributed by atoms with Crippen LogP contribution >= 0.6 is 11.3 Å². The van der Waals surface area contributed by atoms with E-state index in [0.29, 0.717) is 18.1 Å². The van der Waals surface area contributed by atoms with Crippen LogP contribution in [0.1, 0.15) is 49.1 Å². The maximum absolute atomic E-state index is 12.3. The molecule has 1 aliphatic rings. The third-order valence-electron chi connectivity index (χ3n) is 3.99. The first-order chi connectivity index (χ1) is 11.0. The number of hydrogen-bond acceptors (Lipinski definition) is 5. The fraction of sp³-hybridized carbons (Fsp3) is 0.688. The molecule has 1 aromatic rings. The lowest BCUT2D eigenvalue weighted by atomic mass is 10.2. The second-order valence-corrected chi connectivity index (χ2v) is 7.26. The van der Waals surface area contributed by atoms with Crippen molar-refractivity contribution in [1.82, 2.24) is 9.88 Å². The normalized spacial score (nSPS) is 13.9. The molecule has 7 heteroatoms. The van der Waals surface area contributed by atoms with E-state index < -0.39 is 0 Å².